The van der Waals surface area contributed by atoms with Crippen molar-refractivity contribution < 1.29 is 18.7 Å². The van der Waals surface area contributed by atoms with Crippen LogP contribution in [0.25, 0.3) is 11.0 Å². The van der Waals surface area contributed by atoms with Gasteiger partial charge in [0, 0.05) is 28.6 Å². The first kappa shape index (κ1) is 16.8. The molecule has 5 nitrogen and oxygen atoms in total. The molecule has 25 heavy (non-hydrogen) atoms. The highest BCUT2D eigenvalue weighted by Crippen LogP contribution is 2.25. The van der Waals surface area contributed by atoms with Crippen LogP contribution >= 0.6 is 0 Å². The first-order chi connectivity index (χ1) is 12.1. The summed E-state index contributed by atoms with van der Waals surface area (Å²) in [5, 5.41) is 0.820. The third kappa shape index (κ3) is 3.88. The van der Waals surface area contributed by atoms with E-state index in [0.29, 0.717) is 29.3 Å². The molecule has 0 aliphatic heterocycles. The lowest BCUT2D eigenvalue weighted by Gasteiger charge is -2.13. The maximum atomic E-state index is 11.6. The SMILES string of the molecule is CCOc1ccc(C(C)=O)cc1COc1ccc2ccc(=O)oc2c1. The van der Waals surface area contributed by atoms with Gasteiger partial charge < -0.3 is 13.9 Å². The number of carbonyl (C=O) groups excluding carboxylic acids is 1. The molecule has 0 fully saturated rings. The molecule has 0 bridgehead atoms. The van der Waals surface area contributed by atoms with E-state index < -0.39 is 5.63 Å². The standard InChI is InChI=1S/C20H18O5/c1-3-23-18-8-5-15(13(2)21)10-16(18)12-24-17-7-4-14-6-9-20(22)25-19(14)11-17/h4-11H,3,12H2,1-2H3. The fraction of sp³-hybridized carbons (Fsp3) is 0.200. The number of fused-ring (bicyclic) bond motifs is 1. The molecule has 0 atom stereocenters. The maximum absolute atomic E-state index is 11.6. The van der Waals surface area contributed by atoms with Crippen molar-refractivity contribution in [2.75, 3.05) is 6.61 Å². The molecular formula is C20H18O5. The molecule has 0 aliphatic carbocycles. The highest BCUT2D eigenvalue weighted by molar-refractivity contribution is 5.94. The van der Waals surface area contributed by atoms with Crippen molar-refractivity contribution in [3.8, 4) is 11.5 Å². The van der Waals surface area contributed by atoms with Crippen LogP contribution in [-0.2, 0) is 6.61 Å². The fourth-order valence-electron chi connectivity index (χ4n) is 2.50. The Hall–Kier alpha value is -3.08. The first-order valence-electron chi connectivity index (χ1n) is 8.00. The molecular weight excluding hydrogens is 320 g/mol. The second kappa shape index (κ2) is 7.21. The number of hydrogen-bond donors (Lipinski definition) is 0. The number of Topliss-reactive ketones (excluding diaryl/α,β-unsaturated/α-hetero) is 1. The number of rotatable bonds is 6. The molecule has 0 unspecified atom stereocenters. The second-order valence-electron chi connectivity index (χ2n) is 5.55. The number of hydrogen-bond acceptors (Lipinski definition) is 5. The topological polar surface area (TPSA) is 65.7 Å². The Balaban J connectivity index is 1.86. The summed E-state index contributed by atoms with van der Waals surface area (Å²) in [6.45, 7) is 4.17. The zero-order valence-electron chi connectivity index (χ0n) is 14.1. The van der Waals surface area contributed by atoms with E-state index in [1.807, 2.05) is 13.0 Å². The molecule has 1 aromatic heterocycles. The molecule has 1 heterocycles. The molecule has 0 saturated carbocycles. The molecule has 5 heteroatoms. The molecule has 0 saturated heterocycles. The lowest BCUT2D eigenvalue weighted by molar-refractivity contribution is 0.101. The van der Waals surface area contributed by atoms with Gasteiger partial charge in [-0.15, -0.1) is 0 Å². The van der Waals surface area contributed by atoms with Crippen LogP contribution in [0.15, 0.2) is 57.7 Å². The van der Waals surface area contributed by atoms with Gasteiger partial charge in [-0.05, 0) is 50.2 Å². The van der Waals surface area contributed by atoms with Gasteiger partial charge in [-0.2, -0.15) is 0 Å². The van der Waals surface area contributed by atoms with Gasteiger partial charge in [-0.25, -0.2) is 4.79 Å². The van der Waals surface area contributed by atoms with Crippen molar-refractivity contribution in [2.45, 2.75) is 20.5 Å². The molecule has 2 aromatic carbocycles. The Kier molecular flexibility index (Phi) is 4.84. The van der Waals surface area contributed by atoms with Crippen molar-refractivity contribution in [3.05, 3.63) is 70.1 Å². The van der Waals surface area contributed by atoms with Crippen LogP contribution in [0.1, 0.15) is 29.8 Å². The van der Waals surface area contributed by atoms with Crippen molar-refractivity contribution in [1.82, 2.24) is 0 Å². The lowest BCUT2D eigenvalue weighted by Crippen LogP contribution is -2.03. The number of carbonyl (C=O) groups is 1. The zero-order chi connectivity index (χ0) is 17.8. The predicted octanol–water partition coefficient (Wildman–Crippen LogP) is 3.97. The first-order valence-corrected chi connectivity index (χ1v) is 8.00. The van der Waals surface area contributed by atoms with Gasteiger partial charge in [-0.3, -0.25) is 4.79 Å². The highest BCUT2D eigenvalue weighted by atomic mass is 16.5. The van der Waals surface area contributed by atoms with Crippen LogP contribution in [0.3, 0.4) is 0 Å². The van der Waals surface area contributed by atoms with E-state index in [0.717, 1.165) is 10.9 Å². The van der Waals surface area contributed by atoms with E-state index in [-0.39, 0.29) is 12.4 Å². The summed E-state index contributed by atoms with van der Waals surface area (Å²) < 4.78 is 16.6. The van der Waals surface area contributed by atoms with Gasteiger partial charge in [0.05, 0.1) is 6.61 Å². The van der Waals surface area contributed by atoms with Crippen LogP contribution in [0, 0.1) is 0 Å². The minimum atomic E-state index is -0.405. The molecule has 3 rings (SSSR count). The average molecular weight is 338 g/mol. The Morgan fingerprint density at radius 2 is 1.84 bits per heavy atom. The lowest BCUT2D eigenvalue weighted by atomic mass is 10.1. The van der Waals surface area contributed by atoms with E-state index in [4.69, 9.17) is 13.9 Å². The summed E-state index contributed by atoms with van der Waals surface area (Å²) in [4.78, 5) is 22.9. The van der Waals surface area contributed by atoms with E-state index in [2.05, 4.69) is 0 Å². The highest BCUT2D eigenvalue weighted by Gasteiger charge is 2.09. The number of ether oxygens (including phenoxy) is 2. The van der Waals surface area contributed by atoms with Gasteiger partial charge in [-0.1, -0.05) is 0 Å². The summed E-state index contributed by atoms with van der Waals surface area (Å²) in [6.07, 6.45) is 0. The Morgan fingerprint density at radius 1 is 1.04 bits per heavy atom. The Labute approximate surface area is 144 Å². The summed E-state index contributed by atoms with van der Waals surface area (Å²) in [6, 6.07) is 13.7. The van der Waals surface area contributed by atoms with Gasteiger partial charge in [0.25, 0.3) is 0 Å². The monoisotopic (exact) mass is 338 g/mol. The molecule has 128 valence electrons. The van der Waals surface area contributed by atoms with Crippen LogP contribution in [0.4, 0.5) is 0 Å². The molecule has 0 radical (unpaired) electrons. The van der Waals surface area contributed by atoms with Crippen LogP contribution in [-0.4, -0.2) is 12.4 Å². The van der Waals surface area contributed by atoms with Crippen molar-refractivity contribution in [1.29, 1.82) is 0 Å². The third-order valence-electron chi connectivity index (χ3n) is 3.76. The van der Waals surface area contributed by atoms with E-state index >= 15 is 0 Å². The largest absolute Gasteiger partial charge is 0.493 e. The van der Waals surface area contributed by atoms with E-state index in [9.17, 15) is 9.59 Å². The minimum absolute atomic E-state index is 0.0169. The summed E-state index contributed by atoms with van der Waals surface area (Å²) in [5.74, 6) is 1.23. The summed E-state index contributed by atoms with van der Waals surface area (Å²) in [5.41, 5.74) is 1.45. The van der Waals surface area contributed by atoms with Gasteiger partial charge >= 0.3 is 5.63 Å². The molecule has 3 aromatic rings. The van der Waals surface area contributed by atoms with Crippen molar-refractivity contribution in [3.63, 3.8) is 0 Å². The van der Waals surface area contributed by atoms with Gasteiger partial charge in [0.1, 0.15) is 23.7 Å². The summed E-state index contributed by atoms with van der Waals surface area (Å²) in [7, 11) is 0. The van der Waals surface area contributed by atoms with E-state index in [1.54, 1.807) is 36.4 Å². The van der Waals surface area contributed by atoms with Crippen LogP contribution in [0.5, 0.6) is 11.5 Å². The Morgan fingerprint density at radius 3 is 2.60 bits per heavy atom. The minimum Gasteiger partial charge on any atom is -0.493 e. The zero-order valence-corrected chi connectivity index (χ0v) is 14.1. The quantitative estimate of drug-likeness (QED) is 0.502. The average Bonchev–Trinajstić information content (AvgIpc) is 2.60. The number of benzene rings is 2. The molecule has 0 N–H and O–H groups in total. The van der Waals surface area contributed by atoms with Crippen molar-refractivity contribution >= 4 is 16.8 Å². The van der Waals surface area contributed by atoms with Gasteiger partial charge in [0.2, 0.25) is 0 Å². The number of ketones is 1. The predicted molar refractivity (Wildman–Crippen MR) is 94.4 cm³/mol. The fourth-order valence-corrected chi connectivity index (χ4v) is 2.50. The molecule has 0 spiro atoms. The van der Waals surface area contributed by atoms with Crippen molar-refractivity contribution in [2.24, 2.45) is 0 Å². The Bertz CT molecular complexity index is 971. The smallest absolute Gasteiger partial charge is 0.336 e. The van der Waals surface area contributed by atoms with Crippen LogP contribution in [0.2, 0.25) is 0 Å². The van der Waals surface area contributed by atoms with E-state index in [1.165, 1.54) is 13.0 Å². The van der Waals surface area contributed by atoms with Crippen LogP contribution < -0.4 is 15.1 Å². The normalized spacial score (nSPS) is 10.6. The second-order valence-corrected chi connectivity index (χ2v) is 5.55. The third-order valence-corrected chi connectivity index (χ3v) is 3.76. The maximum Gasteiger partial charge on any atom is 0.336 e. The molecule has 0 amide bonds. The van der Waals surface area contributed by atoms with Gasteiger partial charge in [0.15, 0.2) is 5.78 Å². The summed E-state index contributed by atoms with van der Waals surface area (Å²) >= 11 is 0. The molecule has 0 aliphatic rings.